The molecule has 160 valence electrons. The van der Waals surface area contributed by atoms with E-state index in [0.29, 0.717) is 16.3 Å². The Morgan fingerprint density at radius 1 is 1.27 bits per heavy atom. The number of hydrogen-bond donors (Lipinski definition) is 2. The van der Waals surface area contributed by atoms with E-state index in [4.69, 9.17) is 11.6 Å². The fourth-order valence-electron chi connectivity index (χ4n) is 3.91. The first-order valence-corrected chi connectivity index (χ1v) is 10.0. The van der Waals surface area contributed by atoms with Crippen LogP contribution in [-0.4, -0.2) is 69.0 Å². The summed E-state index contributed by atoms with van der Waals surface area (Å²) in [7, 11) is 0. The molecule has 2 amide bonds. The summed E-state index contributed by atoms with van der Waals surface area (Å²) in [5.41, 5.74) is 1.37. The van der Waals surface area contributed by atoms with E-state index in [9.17, 15) is 18.4 Å². The Bertz CT molecular complexity index is 928. The number of aromatic nitrogens is 3. The molecule has 2 N–H and O–H groups in total. The van der Waals surface area contributed by atoms with Gasteiger partial charge in [0.25, 0.3) is 0 Å². The van der Waals surface area contributed by atoms with Crippen LogP contribution in [0.3, 0.4) is 0 Å². The molecule has 4 rings (SSSR count). The molecule has 30 heavy (non-hydrogen) atoms. The molecule has 1 aromatic heterocycles. The number of carbonyl (C=O) groups is 2. The van der Waals surface area contributed by atoms with Gasteiger partial charge < -0.3 is 15.5 Å². The van der Waals surface area contributed by atoms with E-state index in [1.54, 1.807) is 22.9 Å². The number of nitrogens with one attached hydrogen (secondary N) is 2. The van der Waals surface area contributed by atoms with Gasteiger partial charge in [-0.3, -0.25) is 9.59 Å². The van der Waals surface area contributed by atoms with Crippen molar-refractivity contribution in [3.63, 3.8) is 0 Å². The van der Waals surface area contributed by atoms with Gasteiger partial charge in [0.05, 0.1) is 18.3 Å². The van der Waals surface area contributed by atoms with Crippen molar-refractivity contribution < 1.29 is 18.4 Å². The average Bonchev–Trinajstić information content (AvgIpc) is 3.46. The van der Waals surface area contributed by atoms with Crippen LogP contribution in [0, 0.1) is 0 Å². The van der Waals surface area contributed by atoms with Crippen molar-refractivity contribution in [1.29, 1.82) is 0 Å². The van der Waals surface area contributed by atoms with E-state index in [1.165, 1.54) is 17.6 Å². The Labute approximate surface area is 176 Å². The number of amides is 2. The SMILES string of the molecule is O=C(NCc1cc(Cl)ccc1-n1cncn1)[C@@H]1C[C@@H](F)CN1C(=O)[C@H]1C[C@H](F)CN1. The molecule has 2 fully saturated rings. The number of benzene rings is 1. The fraction of sp³-hybridized carbons (Fsp3) is 0.474. The number of nitrogens with zero attached hydrogens (tertiary/aromatic N) is 4. The zero-order valence-electron chi connectivity index (χ0n) is 16.0. The van der Waals surface area contributed by atoms with Crippen molar-refractivity contribution in [3.8, 4) is 5.69 Å². The highest BCUT2D eigenvalue weighted by atomic mass is 35.5. The normalized spacial score (nSPS) is 26.2. The predicted molar refractivity (Wildman–Crippen MR) is 105 cm³/mol. The molecule has 2 aliphatic rings. The molecule has 0 spiro atoms. The first kappa shape index (κ1) is 20.7. The largest absolute Gasteiger partial charge is 0.350 e. The molecule has 0 unspecified atom stereocenters. The average molecular weight is 439 g/mol. The highest BCUT2D eigenvalue weighted by Gasteiger charge is 2.43. The third-order valence-electron chi connectivity index (χ3n) is 5.37. The van der Waals surface area contributed by atoms with Gasteiger partial charge in [-0.25, -0.2) is 18.4 Å². The molecule has 0 radical (unpaired) electrons. The predicted octanol–water partition coefficient (Wildman–Crippen LogP) is 1.18. The van der Waals surface area contributed by atoms with Crippen molar-refractivity contribution in [2.24, 2.45) is 0 Å². The standard InChI is InChI=1S/C19H21ClF2N6O2/c20-12-1-2-16(28-10-23-9-26-28)11(3-12)6-25-18(29)17-5-14(22)8-27(17)19(30)15-4-13(21)7-24-15/h1-3,9-10,13-15,17,24H,4-8H2,(H,25,29)/t13-,14+,15+,17-/m0/s1. The summed E-state index contributed by atoms with van der Waals surface area (Å²) in [6.07, 6.45) is 0.433. The number of rotatable bonds is 5. The first-order chi connectivity index (χ1) is 14.4. The van der Waals surface area contributed by atoms with Gasteiger partial charge in [0.1, 0.15) is 31.0 Å². The molecule has 1 aromatic carbocycles. The first-order valence-electron chi connectivity index (χ1n) is 9.65. The topological polar surface area (TPSA) is 92.2 Å². The maximum atomic E-state index is 14.1. The second-order valence-corrected chi connectivity index (χ2v) is 7.90. The molecule has 2 aliphatic heterocycles. The minimum absolute atomic E-state index is 0.0321. The van der Waals surface area contributed by atoms with Crippen LogP contribution in [0.4, 0.5) is 8.78 Å². The summed E-state index contributed by atoms with van der Waals surface area (Å²) in [5, 5.41) is 10.1. The van der Waals surface area contributed by atoms with Crippen molar-refractivity contribution in [2.75, 3.05) is 13.1 Å². The number of alkyl halides is 2. The molecular formula is C19H21ClF2N6O2. The van der Waals surface area contributed by atoms with E-state index in [0.717, 1.165) is 0 Å². The van der Waals surface area contributed by atoms with Crippen LogP contribution in [-0.2, 0) is 16.1 Å². The van der Waals surface area contributed by atoms with E-state index < -0.39 is 36.2 Å². The van der Waals surface area contributed by atoms with Gasteiger partial charge in [0.15, 0.2) is 0 Å². The highest BCUT2D eigenvalue weighted by Crippen LogP contribution is 2.24. The molecule has 0 bridgehead atoms. The molecular weight excluding hydrogens is 418 g/mol. The lowest BCUT2D eigenvalue weighted by Crippen LogP contribution is -2.51. The highest BCUT2D eigenvalue weighted by molar-refractivity contribution is 6.30. The quantitative estimate of drug-likeness (QED) is 0.731. The van der Waals surface area contributed by atoms with Gasteiger partial charge in [-0.15, -0.1) is 0 Å². The molecule has 0 saturated carbocycles. The zero-order valence-corrected chi connectivity index (χ0v) is 16.7. The van der Waals surface area contributed by atoms with Gasteiger partial charge in [0.2, 0.25) is 11.8 Å². The maximum Gasteiger partial charge on any atom is 0.243 e. The van der Waals surface area contributed by atoms with Crippen LogP contribution in [0.15, 0.2) is 30.9 Å². The van der Waals surface area contributed by atoms with Crippen molar-refractivity contribution in [2.45, 2.75) is 43.8 Å². The minimum atomic E-state index is -1.30. The van der Waals surface area contributed by atoms with E-state index in [-0.39, 0.29) is 32.5 Å². The van der Waals surface area contributed by atoms with Crippen LogP contribution in [0.5, 0.6) is 0 Å². The Morgan fingerprint density at radius 2 is 2.10 bits per heavy atom. The van der Waals surface area contributed by atoms with Crippen LogP contribution < -0.4 is 10.6 Å². The summed E-state index contributed by atoms with van der Waals surface area (Å²) < 4.78 is 29.1. The number of halogens is 3. The Balaban J connectivity index is 1.46. The Hall–Kier alpha value is -2.59. The second kappa shape index (κ2) is 8.65. The summed E-state index contributed by atoms with van der Waals surface area (Å²) in [6.45, 7) is 0.0196. The number of carbonyl (C=O) groups excluding carboxylic acids is 2. The summed E-state index contributed by atoms with van der Waals surface area (Å²) in [4.78, 5) is 30.6. The van der Waals surface area contributed by atoms with Crippen molar-refractivity contribution in [3.05, 3.63) is 41.4 Å². The lowest BCUT2D eigenvalue weighted by molar-refractivity contribution is -0.139. The monoisotopic (exact) mass is 438 g/mol. The zero-order chi connectivity index (χ0) is 21.3. The van der Waals surface area contributed by atoms with Crippen molar-refractivity contribution >= 4 is 23.4 Å². The summed E-state index contributed by atoms with van der Waals surface area (Å²) >= 11 is 6.09. The summed E-state index contributed by atoms with van der Waals surface area (Å²) in [6, 6.07) is 3.47. The van der Waals surface area contributed by atoms with Crippen LogP contribution >= 0.6 is 11.6 Å². The van der Waals surface area contributed by atoms with E-state index >= 15 is 0 Å². The van der Waals surface area contributed by atoms with Crippen LogP contribution in [0.2, 0.25) is 5.02 Å². The molecule has 8 nitrogen and oxygen atoms in total. The molecule has 4 atom stereocenters. The van der Waals surface area contributed by atoms with Gasteiger partial charge in [-0.2, -0.15) is 5.10 Å². The van der Waals surface area contributed by atoms with Crippen LogP contribution in [0.25, 0.3) is 5.69 Å². The third-order valence-corrected chi connectivity index (χ3v) is 5.61. The number of hydrogen-bond acceptors (Lipinski definition) is 5. The molecule has 2 saturated heterocycles. The Kier molecular flexibility index (Phi) is 5.96. The van der Waals surface area contributed by atoms with Gasteiger partial charge in [-0.05, 0) is 23.8 Å². The van der Waals surface area contributed by atoms with Gasteiger partial charge in [-0.1, -0.05) is 11.6 Å². The van der Waals surface area contributed by atoms with E-state index in [1.807, 2.05) is 0 Å². The Morgan fingerprint density at radius 3 is 2.80 bits per heavy atom. The molecule has 2 aromatic rings. The lowest BCUT2D eigenvalue weighted by atomic mass is 10.1. The fourth-order valence-corrected chi connectivity index (χ4v) is 4.10. The van der Waals surface area contributed by atoms with Crippen molar-refractivity contribution in [1.82, 2.24) is 30.3 Å². The maximum absolute atomic E-state index is 14.1. The van der Waals surface area contributed by atoms with Gasteiger partial charge in [0, 0.05) is 31.0 Å². The van der Waals surface area contributed by atoms with E-state index in [2.05, 4.69) is 20.7 Å². The summed E-state index contributed by atoms with van der Waals surface area (Å²) in [5.74, 6) is -0.913. The van der Waals surface area contributed by atoms with Gasteiger partial charge >= 0.3 is 0 Å². The minimum Gasteiger partial charge on any atom is -0.350 e. The van der Waals surface area contributed by atoms with Crippen LogP contribution in [0.1, 0.15) is 18.4 Å². The molecule has 0 aliphatic carbocycles. The lowest BCUT2D eigenvalue weighted by Gasteiger charge is -2.26. The molecule has 3 heterocycles. The number of likely N-dealkylation sites (tertiary alicyclic amines) is 1. The third kappa shape index (κ3) is 4.29. The molecule has 11 heteroatoms. The second-order valence-electron chi connectivity index (χ2n) is 7.46. The smallest absolute Gasteiger partial charge is 0.243 e.